The number of esters is 1. The topological polar surface area (TPSA) is 78.8 Å². The zero-order valence-electron chi connectivity index (χ0n) is 11.2. The fraction of sp³-hybridized carbons (Fsp3) is 0.267. The van der Waals surface area contributed by atoms with Gasteiger partial charge in [0.25, 0.3) is 0 Å². The lowest BCUT2D eigenvalue weighted by atomic mass is 10.2. The summed E-state index contributed by atoms with van der Waals surface area (Å²) in [4.78, 5) is 11.4. The van der Waals surface area contributed by atoms with Gasteiger partial charge in [0, 0.05) is 5.69 Å². The number of cyclic esters (lactones) is 1. The predicted molar refractivity (Wildman–Crippen MR) is 74.5 cm³/mol. The summed E-state index contributed by atoms with van der Waals surface area (Å²) < 4.78 is 5.08. The monoisotopic (exact) mass is 275 g/mol. The molecule has 0 spiro atoms. The van der Waals surface area contributed by atoms with Gasteiger partial charge in [-0.1, -0.05) is 18.2 Å². The van der Waals surface area contributed by atoms with E-state index < -0.39 is 6.10 Å². The van der Waals surface area contributed by atoms with Gasteiger partial charge in [0.15, 0.2) is 0 Å². The summed E-state index contributed by atoms with van der Waals surface area (Å²) >= 11 is 0. The number of nitrogens with one attached hydrogen (secondary N) is 1. The van der Waals surface area contributed by atoms with E-state index in [1.165, 1.54) is 0 Å². The van der Waals surface area contributed by atoms with Crippen LogP contribution in [-0.4, -0.2) is 22.3 Å². The molecule has 5 heteroatoms. The highest BCUT2D eigenvalue weighted by atomic mass is 16.5. The van der Waals surface area contributed by atoms with Gasteiger partial charge in [0.2, 0.25) is 0 Å². The minimum absolute atomic E-state index is 0.00699. The molecule has 0 saturated heterocycles. The van der Waals surface area contributed by atoms with Gasteiger partial charge >= 0.3 is 5.97 Å². The number of hydrogen-bond donors (Lipinski definition) is 3. The minimum Gasteiger partial charge on any atom is -0.424 e. The molecule has 1 aromatic rings. The van der Waals surface area contributed by atoms with Gasteiger partial charge in [0.1, 0.15) is 5.76 Å². The largest absolute Gasteiger partial charge is 0.424 e. The summed E-state index contributed by atoms with van der Waals surface area (Å²) in [7, 11) is 0. The third-order valence-electron chi connectivity index (χ3n) is 2.80. The molecule has 0 aliphatic carbocycles. The molecule has 5 nitrogen and oxygen atoms in total. The third-order valence-corrected chi connectivity index (χ3v) is 2.80. The van der Waals surface area contributed by atoms with Crippen molar-refractivity contribution >= 4 is 11.7 Å². The Morgan fingerprint density at radius 3 is 2.70 bits per heavy atom. The van der Waals surface area contributed by atoms with E-state index >= 15 is 0 Å². The molecule has 0 saturated carbocycles. The molecule has 106 valence electrons. The van der Waals surface area contributed by atoms with Crippen LogP contribution in [0.4, 0.5) is 5.69 Å². The summed E-state index contributed by atoms with van der Waals surface area (Å²) in [5.74, 6) is 0.0897. The molecule has 1 atom stereocenters. The summed E-state index contributed by atoms with van der Waals surface area (Å²) in [6.07, 6.45) is 2.69. The molecule has 0 bridgehead atoms. The maximum absolute atomic E-state index is 11.4. The second-order valence-corrected chi connectivity index (χ2v) is 4.57. The van der Waals surface area contributed by atoms with E-state index in [1.54, 1.807) is 31.2 Å². The van der Waals surface area contributed by atoms with Crippen molar-refractivity contribution in [3.63, 3.8) is 0 Å². The SMILES string of the molecule is CC(O)C=CC1=C(Nc2ccc(CO)cc2)CC(=O)O1. The van der Waals surface area contributed by atoms with E-state index in [1.807, 2.05) is 12.1 Å². The normalized spacial score (nSPS) is 16.6. The smallest absolute Gasteiger partial charge is 0.317 e. The van der Waals surface area contributed by atoms with Crippen LogP contribution in [0, 0.1) is 0 Å². The quantitative estimate of drug-likeness (QED) is 0.713. The number of aliphatic hydroxyl groups excluding tert-OH is 2. The van der Waals surface area contributed by atoms with Crippen molar-refractivity contribution in [1.82, 2.24) is 0 Å². The van der Waals surface area contributed by atoms with Crippen LogP contribution >= 0.6 is 0 Å². The Hall–Kier alpha value is -2.11. The number of aliphatic hydroxyl groups is 2. The number of rotatable bonds is 5. The second kappa shape index (κ2) is 6.36. The number of carbonyl (C=O) groups excluding carboxylic acids is 1. The Kier molecular flexibility index (Phi) is 4.55. The molecular formula is C15H17NO4. The van der Waals surface area contributed by atoms with Crippen LogP contribution in [0.2, 0.25) is 0 Å². The third kappa shape index (κ3) is 3.69. The van der Waals surface area contributed by atoms with E-state index in [0.717, 1.165) is 11.3 Å². The van der Waals surface area contributed by atoms with Crippen molar-refractivity contribution in [2.45, 2.75) is 26.1 Å². The average Bonchev–Trinajstić information content (AvgIpc) is 2.77. The van der Waals surface area contributed by atoms with E-state index in [2.05, 4.69) is 5.32 Å². The van der Waals surface area contributed by atoms with Gasteiger partial charge in [-0.15, -0.1) is 0 Å². The Labute approximate surface area is 117 Å². The Morgan fingerprint density at radius 1 is 1.40 bits per heavy atom. The number of anilines is 1. The number of ether oxygens (including phenoxy) is 1. The van der Waals surface area contributed by atoms with Gasteiger partial charge in [-0.05, 0) is 30.7 Å². The summed E-state index contributed by atoms with van der Waals surface area (Å²) in [6.45, 7) is 1.61. The number of hydrogen-bond acceptors (Lipinski definition) is 5. The molecule has 1 unspecified atom stereocenters. The fourth-order valence-corrected chi connectivity index (χ4v) is 1.79. The fourth-order valence-electron chi connectivity index (χ4n) is 1.79. The van der Waals surface area contributed by atoms with E-state index in [0.29, 0.717) is 11.5 Å². The standard InChI is InChI=1S/C15H17NO4/c1-10(18)2-7-14-13(8-15(19)20-14)16-12-5-3-11(9-17)4-6-12/h2-7,10,16-18H,8-9H2,1H3. The summed E-state index contributed by atoms with van der Waals surface area (Å²) in [5, 5.41) is 21.3. The lowest BCUT2D eigenvalue weighted by Gasteiger charge is -2.07. The van der Waals surface area contributed by atoms with E-state index in [9.17, 15) is 9.90 Å². The summed E-state index contributed by atoms with van der Waals surface area (Å²) in [6, 6.07) is 7.23. The lowest BCUT2D eigenvalue weighted by Crippen LogP contribution is -2.00. The molecule has 0 fully saturated rings. The van der Waals surface area contributed by atoms with Gasteiger partial charge in [0.05, 0.1) is 24.8 Å². The van der Waals surface area contributed by atoms with Crippen molar-refractivity contribution in [1.29, 1.82) is 0 Å². The number of benzene rings is 1. The highest BCUT2D eigenvalue weighted by Crippen LogP contribution is 2.24. The first-order chi connectivity index (χ1) is 9.58. The van der Waals surface area contributed by atoms with Crippen LogP contribution in [-0.2, 0) is 16.1 Å². The highest BCUT2D eigenvalue weighted by molar-refractivity contribution is 5.79. The predicted octanol–water partition coefficient (Wildman–Crippen LogP) is 1.69. The first kappa shape index (κ1) is 14.3. The average molecular weight is 275 g/mol. The van der Waals surface area contributed by atoms with Gasteiger partial charge in [-0.3, -0.25) is 4.79 Å². The Morgan fingerprint density at radius 2 is 2.10 bits per heavy atom. The minimum atomic E-state index is -0.605. The zero-order chi connectivity index (χ0) is 14.5. The van der Waals surface area contributed by atoms with Crippen LogP contribution in [0.15, 0.2) is 47.9 Å². The molecule has 1 heterocycles. The van der Waals surface area contributed by atoms with E-state index in [-0.39, 0.29) is 19.0 Å². The van der Waals surface area contributed by atoms with Gasteiger partial charge in [-0.2, -0.15) is 0 Å². The molecule has 1 aliphatic rings. The molecule has 0 amide bonds. The van der Waals surface area contributed by atoms with Crippen molar-refractivity contribution < 1.29 is 19.7 Å². The molecule has 0 aromatic heterocycles. The van der Waals surface area contributed by atoms with E-state index in [4.69, 9.17) is 9.84 Å². The van der Waals surface area contributed by atoms with Gasteiger partial charge in [-0.25, -0.2) is 0 Å². The van der Waals surface area contributed by atoms with Crippen molar-refractivity contribution in [3.8, 4) is 0 Å². The van der Waals surface area contributed by atoms with Crippen LogP contribution in [0.1, 0.15) is 18.9 Å². The first-order valence-corrected chi connectivity index (χ1v) is 6.35. The lowest BCUT2D eigenvalue weighted by molar-refractivity contribution is -0.136. The van der Waals surface area contributed by atoms with Gasteiger partial charge < -0.3 is 20.3 Å². The van der Waals surface area contributed by atoms with Crippen LogP contribution in [0.25, 0.3) is 0 Å². The maximum atomic E-state index is 11.4. The number of carbonyl (C=O) groups is 1. The van der Waals surface area contributed by atoms with Crippen molar-refractivity contribution in [2.75, 3.05) is 5.32 Å². The molecule has 20 heavy (non-hydrogen) atoms. The molecule has 3 N–H and O–H groups in total. The van der Waals surface area contributed by atoms with Crippen LogP contribution in [0.3, 0.4) is 0 Å². The zero-order valence-corrected chi connectivity index (χ0v) is 11.2. The molecule has 0 radical (unpaired) electrons. The Balaban J connectivity index is 2.15. The van der Waals surface area contributed by atoms with Crippen LogP contribution in [0.5, 0.6) is 0 Å². The molecule has 1 aromatic carbocycles. The van der Waals surface area contributed by atoms with Crippen LogP contribution < -0.4 is 5.32 Å². The number of allylic oxidation sites excluding steroid dienone is 1. The summed E-state index contributed by atoms with van der Waals surface area (Å²) in [5.41, 5.74) is 2.28. The molecule has 2 rings (SSSR count). The molecular weight excluding hydrogens is 258 g/mol. The first-order valence-electron chi connectivity index (χ1n) is 6.35. The van der Waals surface area contributed by atoms with Crippen molar-refractivity contribution in [3.05, 3.63) is 53.4 Å². The highest BCUT2D eigenvalue weighted by Gasteiger charge is 2.22. The van der Waals surface area contributed by atoms with Crippen molar-refractivity contribution in [2.24, 2.45) is 0 Å². The molecule has 1 aliphatic heterocycles. The second-order valence-electron chi connectivity index (χ2n) is 4.57. The maximum Gasteiger partial charge on any atom is 0.317 e. The Bertz CT molecular complexity index is 543.